The molecule has 186 valence electrons. The van der Waals surface area contributed by atoms with Gasteiger partial charge in [0.05, 0.1) is 22.5 Å². The van der Waals surface area contributed by atoms with Crippen LogP contribution < -0.4 is 0 Å². The minimum atomic E-state index is -0.367. The average Bonchev–Trinajstić information content (AvgIpc) is 2.89. The molecule has 2 aromatic carbocycles. The van der Waals surface area contributed by atoms with E-state index in [4.69, 9.17) is 5.53 Å². The minimum Gasteiger partial charge on any atom is -0.507 e. The molecule has 2 amide bonds. The van der Waals surface area contributed by atoms with Crippen molar-refractivity contribution in [3.05, 3.63) is 96.4 Å². The molecular formula is C26H20FIN6O3. The lowest BCUT2D eigenvalue weighted by Gasteiger charge is -2.35. The first-order chi connectivity index (χ1) is 17.8. The smallest absolute Gasteiger partial charge is 0.257 e. The third kappa shape index (κ3) is 5.99. The van der Waals surface area contributed by atoms with Gasteiger partial charge >= 0.3 is 0 Å². The molecule has 1 saturated heterocycles. The van der Waals surface area contributed by atoms with Crippen LogP contribution >= 0.6 is 22.6 Å². The molecule has 0 unspecified atom stereocenters. The molecule has 1 N–H and O–H groups in total. The van der Waals surface area contributed by atoms with Crippen molar-refractivity contribution < 1.29 is 19.1 Å². The fourth-order valence-electron chi connectivity index (χ4n) is 3.86. The molecule has 0 aliphatic carbocycles. The molecule has 0 radical (unpaired) electrons. The molecule has 0 bridgehead atoms. The number of carbonyl (C=O) groups is 2. The molecule has 11 heteroatoms. The quantitative estimate of drug-likeness (QED) is 0.151. The summed E-state index contributed by atoms with van der Waals surface area (Å²) >= 11 is 1.93. The van der Waals surface area contributed by atoms with Crippen LogP contribution in [0.4, 0.5) is 10.1 Å². The number of hydrogen-bond acceptors (Lipinski definition) is 5. The SMILES string of the molecule is Cc1nc(C#Cc2cccc(F)c2)ccc1C(=O)N1CCN(C(=O)c2cc(I)c(N=[N+]=[N-])cc2O)CC1. The van der Waals surface area contributed by atoms with Crippen LogP contribution in [0.15, 0.2) is 53.6 Å². The van der Waals surface area contributed by atoms with Gasteiger partial charge in [-0.15, -0.1) is 0 Å². The fraction of sp³-hybridized carbons (Fsp3) is 0.192. The standard InChI is InChI=1S/C26H20FIN6O3/c1-16-20(8-7-19(30-16)6-5-17-3-2-4-18(27)13-17)25(36)33-9-11-34(12-10-33)26(37)21-14-22(28)23(31-32-29)15-24(21)35/h2-4,7-8,13-15,35H,9-12H2,1H3. The van der Waals surface area contributed by atoms with Crippen molar-refractivity contribution in [2.45, 2.75) is 6.92 Å². The largest absolute Gasteiger partial charge is 0.507 e. The Balaban J connectivity index is 1.41. The Labute approximate surface area is 225 Å². The predicted octanol–water partition coefficient (Wildman–Crippen LogP) is 4.78. The third-order valence-corrected chi connectivity index (χ3v) is 6.64. The van der Waals surface area contributed by atoms with Gasteiger partial charge in [-0.25, -0.2) is 9.37 Å². The van der Waals surface area contributed by atoms with Crippen molar-refractivity contribution >= 4 is 40.1 Å². The Morgan fingerprint density at radius 2 is 1.73 bits per heavy atom. The number of phenols is 1. The van der Waals surface area contributed by atoms with Crippen LogP contribution in [0.3, 0.4) is 0 Å². The average molecular weight is 610 g/mol. The lowest BCUT2D eigenvalue weighted by molar-refractivity contribution is 0.0533. The molecule has 1 fully saturated rings. The van der Waals surface area contributed by atoms with Crippen LogP contribution in [0.25, 0.3) is 10.4 Å². The van der Waals surface area contributed by atoms with E-state index in [9.17, 15) is 19.1 Å². The summed E-state index contributed by atoms with van der Waals surface area (Å²) < 4.78 is 13.9. The van der Waals surface area contributed by atoms with Crippen LogP contribution in [0.1, 0.15) is 37.7 Å². The van der Waals surface area contributed by atoms with E-state index >= 15 is 0 Å². The summed E-state index contributed by atoms with van der Waals surface area (Å²) in [5.74, 6) is 4.55. The fourth-order valence-corrected chi connectivity index (χ4v) is 4.43. The van der Waals surface area contributed by atoms with E-state index < -0.39 is 0 Å². The van der Waals surface area contributed by atoms with Crippen molar-refractivity contribution in [2.75, 3.05) is 26.2 Å². The van der Waals surface area contributed by atoms with Gasteiger partial charge in [0.15, 0.2) is 0 Å². The first-order valence-corrected chi connectivity index (χ1v) is 12.3. The number of carbonyl (C=O) groups excluding carboxylic acids is 2. The van der Waals surface area contributed by atoms with E-state index in [0.717, 1.165) is 0 Å². The first kappa shape index (κ1) is 25.9. The summed E-state index contributed by atoms with van der Waals surface area (Å²) in [6.07, 6.45) is 0. The molecule has 1 aliphatic rings. The van der Waals surface area contributed by atoms with E-state index in [1.165, 1.54) is 24.3 Å². The lowest BCUT2D eigenvalue weighted by Crippen LogP contribution is -2.50. The number of halogens is 2. The highest BCUT2D eigenvalue weighted by molar-refractivity contribution is 14.1. The van der Waals surface area contributed by atoms with E-state index in [0.29, 0.717) is 52.3 Å². The Bertz CT molecular complexity index is 1500. The Kier molecular flexibility index (Phi) is 7.91. The second kappa shape index (κ2) is 11.3. The molecule has 1 aliphatic heterocycles. The number of hydrogen-bond donors (Lipinski definition) is 1. The van der Waals surface area contributed by atoms with E-state index in [-0.39, 0.29) is 34.6 Å². The number of aromatic hydroxyl groups is 1. The zero-order valence-electron chi connectivity index (χ0n) is 19.7. The summed E-state index contributed by atoms with van der Waals surface area (Å²) in [6.45, 7) is 2.95. The Morgan fingerprint density at radius 3 is 2.35 bits per heavy atom. The summed E-state index contributed by atoms with van der Waals surface area (Å²) in [4.78, 5) is 36.4. The van der Waals surface area contributed by atoms with Gasteiger partial charge in [-0.05, 0) is 83.4 Å². The van der Waals surface area contributed by atoms with Crippen LogP contribution in [0, 0.1) is 28.2 Å². The first-order valence-electron chi connectivity index (χ1n) is 11.2. The molecule has 9 nitrogen and oxygen atoms in total. The van der Waals surface area contributed by atoms with Crippen LogP contribution in [0.2, 0.25) is 0 Å². The monoisotopic (exact) mass is 610 g/mol. The Hall–Kier alpha value is -4.14. The van der Waals surface area contributed by atoms with Crippen molar-refractivity contribution in [2.24, 2.45) is 5.11 Å². The number of rotatable bonds is 3. The van der Waals surface area contributed by atoms with Gasteiger partial charge in [0.25, 0.3) is 11.8 Å². The number of nitrogens with zero attached hydrogens (tertiary/aromatic N) is 6. The second-order valence-corrected chi connectivity index (χ2v) is 9.35. The van der Waals surface area contributed by atoms with E-state index in [2.05, 4.69) is 26.9 Å². The molecule has 0 atom stereocenters. The maximum Gasteiger partial charge on any atom is 0.257 e. The summed E-state index contributed by atoms with van der Waals surface area (Å²) in [5.41, 5.74) is 10.9. The molecule has 1 aromatic heterocycles. The zero-order valence-corrected chi connectivity index (χ0v) is 21.8. The maximum absolute atomic E-state index is 13.3. The van der Waals surface area contributed by atoms with Gasteiger partial charge in [-0.1, -0.05) is 17.1 Å². The minimum absolute atomic E-state index is 0.107. The molecule has 0 saturated carbocycles. The van der Waals surface area contributed by atoms with Gasteiger partial charge < -0.3 is 14.9 Å². The number of benzene rings is 2. The predicted molar refractivity (Wildman–Crippen MR) is 143 cm³/mol. The zero-order chi connectivity index (χ0) is 26.5. The number of aryl methyl sites for hydroxylation is 1. The molecule has 0 spiro atoms. The van der Waals surface area contributed by atoms with Gasteiger partial charge in [-0.2, -0.15) is 0 Å². The van der Waals surface area contributed by atoms with Gasteiger partial charge in [-0.3, -0.25) is 9.59 Å². The third-order valence-electron chi connectivity index (χ3n) is 5.78. The van der Waals surface area contributed by atoms with Crippen molar-refractivity contribution in [1.82, 2.24) is 14.8 Å². The summed E-state index contributed by atoms with van der Waals surface area (Å²) in [7, 11) is 0. The van der Waals surface area contributed by atoms with Gasteiger partial charge in [0, 0.05) is 40.2 Å². The number of pyridine rings is 1. The lowest BCUT2D eigenvalue weighted by atomic mass is 10.1. The summed E-state index contributed by atoms with van der Waals surface area (Å²) in [5, 5.41) is 13.8. The highest BCUT2D eigenvalue weighted by Gasteiger charge is 2.28. The summed E-state index contributed by atoms with van der Waals surface area (Å²) in [6, 6.07) is 12.0. The number of phenolic OH excluding ortho intramolecular Hbond substituents is 1. The van der Waals surface area contributed by atoms with Crippen molar-refractivity contribution in [3.63, 3.8) is 0 Å². The van der Waals surface area contributed by atoms with E-state index in [1.54, 1.807) is 41.0 Å². The maximum atomic E-state index is 13.3. The number of amides is 2. The van der Waals surface area contributed by atoms with Crippen molar-refractivity contribution in [3.8, 4) is 17.6 Å². The number of piperazine rings is 1. The van der Waals surface area contributed by atoms with Crippen LogP contribution in [0.5, 0.6) is 5.75 Å². The molecule has 3 aromatic rings. The topological polar surface area (TPSA) is 122 Å². The normalized spacial score (nSPS) is 12.8. The molecule has 4 rings (SSSR count). The second-order valence-electron chi connectivity index (χ2n) is 8.18. The molecule has 2 heterocycles. The highest BCUT2D eigenvalue weighted by atomic mass is 127. The Morgan fingerprint density at radius 1 is 1.05 bits per heavy atom. The highest BCUT2D eigenvalue weighted by Crippen LogP contribution is 2.31. The van der Waals surface area contributed by atoms with Crippen LogP contribution in [-0.2, 0) is 0 Å². The van der Waals surface area contributed by atoms with E-state index in [1.807, 2.05) is 22.6 Å². The molecule has 37 heavy (non-hydrogen) atoms. The number of azide groups is 1. The van der Waals surface area contributed by atoms with Crippen molar-refractivity contribution in [1.29, 1.82) is 0 Å². The van der Waals surface area contributed by atoms with Gasteiger partial charge in [0.1, 0.15) is 17.3 Å². The van der Waals surface area contributed by atoms with Gasteiger partial charge in [0.2, 0.25) is 0 Å². The van der Waals surface area contributed by atoms with Crippen LogP contribution in [-0.4, -0.2) is 57.9 Å². The number of aromatic nitrogens is 1. The molecular weight excluding hydrogens is 590 g/mol.